The van der Waals surface area contributed by atoms with Crippen molar-refractivity contribution < 1.29 is 14.3 Å². The van der Waals surface area contributed by atoms with Crippen molar-refractivity contribution in [2.45, 2.75) is 13.0 Å². The number of rotatable bonds is 7. The largest absolute Gasteiger partial charge is 0.486 e. The number of nitrogens with one attached hydrogen (secondary N) is 1. The highest BCUT2D eigenvalue weighted by Crippen LogP contribution is 2.30. The normalized spacial score (nSPS) is 12.9. The number of nitrogens with zero attached hydrogens (tertiary/aromatic N) is 1. The lowest BCUT2D eigenvalue weighted by molar-refractivity contribution is 0.0950. The van der Waals surface area contributed by atoms with Crippen molar-refractivity contribution in [2.75, 3.05) is 33.4 Å². The molecule has 1 aliphatic heterocycles. The van der Waals surface area contributed by atoms with Crippen LogP contribution in [-0.2, 0) is 6.54 Å². The number of carbonyl (C=O) groups is 1. The van der Waals surface area contributed by atoms with Crippen molar-refractivity contribution in [3.63, 3.8) is 0 Å². The van der Waals surface area contributed by atoms with Gasteiger partial charge in [-0.2, -0.15) is 0 Å². The first-order chi connectivity index (χ1) is 12.2. The second kappa shape index (κ2) is 8.53. The molecule has 3 rings (SSSR count). The third-order valence-electron chi connectivity index (χ3n) is 4.10. The standard InChI is InChI=1S/C20H24N2O3/c1-22(15-16-6-3-2-4-7-16)11-5-10-21-20(23)17-8-9-18-19(14-17)25-13-12-24-18/h2-4,6-9,14H,5,10-13,15H2,1H3,(H,21,23). The number of hydrogen-bond donors (Lipinski definition) is 1. The average molecular weight is 340 g/mol. The Kier molecular flexibility index (Phi) is 5.90. The molecule has 0 bridgehead atoms. The molecule has 1 heterocycles. The molecule has 0 fully saturated rings. The molecule has 5 heteroatoms. The van der Waals surface area contributed by atoms with Crippen LogP contribution in [0.3, 0.4) is 0 Å². The molecule has 0 radical (unpaired) electrons. The van der Waals surface area contributed by atoms with E-state index in [0.29, 0.717) is 36.8 Å². The van der Waals surface area contributed by atoms with Gasteiger partial charge in [-0.1, -0.05) is 30.3 Å². The van der Waals surface area contributed by atoms with Gasteiger partial charge in [-0.15, -0.1) is 0 Å². The second-order valence-corrected chi connectivity index (χ2v) is 6.19. The molecule has 2 aromatic carbocycles. The highest BCUT2D eigenvalue weighted by molar-refractivity contribution is 5.94. The zero-order chi connectivity index (χ0) is 17.5. The van der Waals surface area contributed by atoms with Crippen molar-refractivity contribution >= 4 is 5.91 Å². The zero-order valence-corrected chi connectivity index (χ0v) is 14.5. The predicted octanol–water partition coefficient (Wildman–Crippen LogP) is 2.71. The molecule has 132 valence electrons. The lowest BCUT2D eigenvalue weighted by atomic mass is 10.2. The lowest BCUT2D eigenvalue weighted by Gasteiger charge is -2.19. The third-order valence-corrected chi connectivity index (χ3v) is 4.10. The fraction of sp³-hybridized carbons (Fsp3) is 0.350. The van der Waals surface area contributed by atoms with Gasteiger partial charge in [0.05, 0.1) is 0 Å². The van der Waals surface area contributed by atoms with Crippen LogP contribution >= 0.6 is 0 Å². The quantitative estimate of drug-likeness (QED) is 0.788. The fourth-order valence-corrected chi connectivity index (χ4v) is 2.81. The van der Waals surface area contributed by atoms with E-state index in [9.17, 15) is 4.79 Å². The number of amides is 1. The van der Waals surface area contributed by atoms with Gasteiger partial charge in [0.25, 0.3) is 5.91 Å². The molecule has 25 heavy (non-hydrogen) atoms. The van der Waals surface area contributed by atoms with Crippen LogP contribution in [0.4, 0.5) is 0 Å². The molecule has 1 aliphatic rings. The molecule has 0 unspecified atom stereocenters. The Morgan fingerprint density at radius 3 is 2.64 bits per heavy atom. The van der Waals surface area contributed by atoms with E-state index in [2.05, 4.69) is 41.5 Å². The Hall–Kier alpha value is -2.53. The van der Waals surface area contributed by atoms with E-state index in [1.165, 1.54) is 5.56 Å². The van der Waals surface area contributed by atoms with Crippen molar-refractivity contribution in [1.29, 1.82) is 0 Å². The van der Waals surface area contributed by atoms with Gasteiger partial charge in [0.15, 0.2) is 11.5 Å². The maximum atomic E-state index is 12.2. The summed E-state index contributed by atoms with van der Waals surface area (Å²) in [6.07, 6.45) is 0.902. The molecule has 0 aliphatic carbocycles. The van der Waals surface area contributed by atoms with Crippen molar-refractivity contribution in [3.05, 3.63) is 59.7 Å². The minimum atomic E-state index is -0.0808. The Balaban J connectivity index is 1.40. The minimum Gasteiger partial charge on any atom is -0.486 e. The molecule has 2 aromatic rings. The van der Waals surface area contributed by atoms with Crippen LogP contribution in [0.15, 0.2) is 48.5 Å². The van der Waals surface area contributed by atoms with Crippen LogP contribution in [0.1, 0.15) is 22.3 Å². The first-order valence-electron chi connectivity index (χ1n) is 8.63. The van der Waals surface area contributed by atoms with Crippen molar-refractivity contribution in [3.8, 4) is 11.5 Å². The summed E-state index contributed by atoms with van der Waals surface area (Å²) in [4.78, 5) is 14.5. The molecule has 0 aromatic heterocycles. The van der Waals surface area contributed by atoms with Gasteiger partial charge in [0.1, 0.15) is 13.2 Å². The maximum Gasteiger partial charge on any atom is 0.251 e. The number of ether oxygens (including phenoxy) is 2. The summed E-state index contributed by atoms with van der Waals surface area (Å²) in [5, 5.41) is 2.96. The Morgan fingerprint density at radius 1 is 1.08 bits per heavy atom. The summed E-state index contributed by atoms with van der Waals surface area (Å²) < 4.78 is 11.0. The lowest BCUT2D eigenvalue weighted by Crippen LogP contribution is -2.28. The van der Waals surface area contributed by atoms with Crippen LogP contribution in [0.5, 0.6) is 11.5 Å². The Bertz CT molecular complexity index is 703. The van der Waals surface area contributed by atoms with Gasteiger partial charge in [0.2, 0.25) is 0 Å². The van der Waals surface area contributed by atoms with Gasteiger partial charge in [0, 0.05) is 18.7 Å². The van der Waals surface area contributed by atoms with Crippen molar-refractivity contribution in [1.82, 2.24) is 10.2 Å². The molecule has 1 N–H and O–H groups in total. The first-order valence-corrected chi connectivity index (χ1v) is 8.63. The third kappa shape index (κ3) is 4.97. The summed E-state index contributed by atoms with van der Waals surface area (Å²) in [6.45, 7) is 3.56. The van der Waals surface area contributed by atoms with Crippen LogP contribution in [0.2, 0.25) is 0 Å². The Morgan fingerprint density at radius 2 is 1.84 bits per heavy atom. The smallest absolute Gasteiger partial charge is 0.251 e. The van der Waals surface area contributed by atoms with Gasteiger partial charge in [-0.25, -0.2) is 0 Å². The second-order valence-electron chi connectivity index (χ2n) is 6.19. The fourth-order valence-electron chi connectivity index (χ4n) is 2.81. The Labute approximate surface area is 148 Å². The number of benzene rings is 2. The highest BCUT2D eigenvalue weighted by atomic mass is 16.6. The monoisotopic (exact) mass is 340 g/mol. The van der Waals surface area contributed by atoms with E-state index in [1.807, 2.05) is 6.07 Å². The summed E-state index contributed by atoms with van der Waals surface area (Å²) in [5.41, 5.74) is 1.90. The molecule has 0 saturated heterocycles. The summed E-state index contributed by atoms with van der Waals surface area (Å²) in [6, 6.07) is 15.7. The summed E-state index contributed by atoms with van der Waals surface area (Å²) >= 11 is 0. The molecule has 0 spiro atoms. The zero-order valence-electron chi connectivity index (χ0n) is 14.5. The topological polar surface area (TPSA) is 50.8 Å². The van der Waals surface area contributed by atoms with E-state index < -0.39 is 0 Å². The number of fused-ring (bicyclic) bond motifs is 1. The molecule has 0 atom stereocenters. The van der Waals surface area contributed by atoms with E-state index in [0.717, 1.165) is 19.5 Å². The van der Waals surface area contributed by atoms with Gasteiger partial charge < -0.3 is 19.7 Å². The molecular weight excluding hydrogens is 316 g/mol. The SMILES string of the molecule is CN(CCCNC(=O)c1ccc2c(c1)OCCO2)Cc1ccccc1. The maximum absolute atomic E-state index is 12.2. The van der Waals surface area contributed by atoms with Crippen LogP contribution in [0, 0.1) is 0 Å². The number of carbonyl (C=O) groups excluding carboxylic acids is 1. The van der Waals surface area contributed by atoms with Crippen LogP contribution in [0.25, 0.3) is 0 Å². The minimum absolute atomic E-state index is 0.0808. The van der Waals surface area contributed by atoms with E-state index in [4.69, 9.17) is 9.47 Å². The number of hydrogen-bond acceptors (Lipinski definition) is 4. The summed E-state index contributed by atoms with van der Waals surface area (Å²) in [7, 11) is 2.09. The summed E-state index contributed by atoms with van der Waals surface area (Å²) in [5.74, 6) is 1.26. The highest BCUT2D eigenvalue weighted by Gasteiger charge is 2.14. The van der Waals surface area contributed by atoms with Crippen molar-refractivity contribution in [2.24, 2.45) is 0 Å². The van der Waals surface area contributed by atoms with E-state index in [-0.39, 0.29) is 5.91 Å². The first kappa shape index (κ1) is 17.3. The van der Waals surface area contributed by atoms with Gasteiger partial charge in [-0.3, -0.25) is 4.79 Å². The molecule has 0 saturated carbocycles. The van der Waals surface area contributed by atoms with Crippen LogP contribution in [-0.4, -0.2) is 44.2 Å². The molecule has 5 nitrogen and oxygen atoms in total. The van der Waals surface area contributed by atoms with E-state index in [1.54, 1.807) is 18.2 Å². The van der Waals surface area contributed by atoms with Gasteiger partial charge in [-0.05, 0) is 43.8 Å². The average Bonchev–Trinajstić information content (AvgIpc) is 2.65. The molecular formula is C20H24N2O3. The predicted molar refractivity (Wildman–Crippen MR) is 97.2 cm³/mol. The van der Waals surface area contributed by atoms with Gasteiger partial charge >= 0.3 is 0 Å². The van der Waals surface area contributed by atoms with E-state index >= 15 is 0 Å². The van der Waals surface area contributed by atoms with Crippen LogP contribution < -0.4 is 14.8 Å². The molecule has 1 amide bonds.